The van der Waals surface area contributed by atoms with Crippen LogP contribution in [-0.2, 0) is 24.5 Å². The molecule has 0 fully saturated rings. The van der Waals surface area contributed by atoms with Gasteiger partial charge in [0.05, 0.1) is 13.2 Å². The van der Waals surface area contributed by atoms with Crippen molar-refractivity contribution in [2.24, 2.45) is 0 Å². The van der Waals surface area contributed by atoms with E-state index >= 15 is 0 Å². The quantitative estimate of drug-likeness (QED) is 0.823. The van der Waals surface area contributed by atoms with E-state index in [1.807, 2.05) is 18.2 Å². The number of hydrogen-bond acceptors (Lipinski definition) is 2. The van der Waals surface area contributed by atoms with Crippen molar-refractivity contribution in [1.82, 2.24) is 5.32 Å². The maximum absolute atomic E-state index is 5.83. The molecular weight excluding hydrogens is 246 g/mol. The van der Waals surface area contributed by atoms with Gasteiger partial charge in [-0.25, -0.2) is 0 Å². The monoisotopic (exact) mass is 269 g/mol. The van der Waals surface area contributed by atoms with E-state index in [1.165, 1.54) is 16.7 Å². The summed E-state index contributed by atoms with van der Waals surface area (Å²) in [6.45, 7) is 6.53. The van der Waals surface area contributed by atoms with Crippen LogP contribution in [0.5, 0.6) is 0 Å². The van der Waals surface area contributed by atoms with Crippen molar-refractivity contribution < 1.29 is 4.74 Å². The predicted octanol–water partition coefficient (Wildman–Crippen LogP) is 3.90. The molecule has 0 aliphatic heterocycles. The molecule has 0 spiro atoms. The lowest BCUT2D eigenvalue weighted by molar-refractivity contribution is 0.106. The van der Waals surface area contributed by atoms with E-state index in [4.69, 9.17) is 4.74 Å². The second kappa shape index (κ2) is 7.83. The zero-order valence-electron chi connectivity index (χ0n) is 12.3. The van der Waals surface area contributed by atoms with Crippen molar-refractivity contribution in [3.63, 3.8) is 0 Å². The lowest BCUT2D eigenvalue weighted by Gasteiger charge is -2.13. The molecule has 0 amide bonds. The van der Waals surface area contributed by atoms with Gasteiger partial charge in [0.1, 0.15) is 0 Å². The Hall–Kier alpha value is -1.64. The number of nitrogens with one attached hydrogen (secondary N) is 1. The maximum atomic E-state index is 5.83. The van der Waals surface area contributed by atoms with Gasteiger partial charge in [0.15, 0.2) is 0 Å². The van der Waals surface area contributed by atoms with Crippen LogP contribution in [0.1, 0.15) is 30.5 Å². The third-order valence-corrected chi connectivity index (χ3v) is 3.19. The van der Waals surface area contributed by atoms with Gasteiger partial charge in [0, 0.05) is 12.6 Å². The highest BCUT2D eigenvalue weighted by Crippen LogP contribution is 2.12. The first kappa shape index (κ1) is 14.8. The Kier molecular flexibility index (Phi) is 5.78. The van der Waals surface area contributed by atoms with Gasteiger partial charge in [-0.05, 0) is 16.7 Å². The summed E-state index contributed by atoms with van der Waals surface area (Å²) in [7, 11) is 0. The fourth-order valence-corrected chi connectivity index (χ4v) is 2.04. The number of benzene rings is 2. The van der Waals surface area contributed by atoms with Crippen LogP contribution in [0.2, 0.25) is 0 Å². The molecule has 0 radical (unpaired) electrons. The van der Waals surface area contributed by atoms with Gasteiger partial charge in [-0.1, -0.05) is 68.4 Å². The number of ether oxygens (including phenoxy) is 1. The largest absolute Gasteiger partial charge is 0.372 e. The van der Waals surface area contributed by atoms with Gasteiger partial charge in [-0.3, -0.25) is 0 Å². The fraction of sp³-hybridized carbons (Fsp3) is 0.333. The molecule has 0 aliphatic carbocycles. The smallest absolute Gasteiger partial charge is 0.0724 e. The minimum absolute atomic E-state index is 0.494. The molecule has 0 aromatic heterocycles. The molecule has 2 heteroatoms. The SMILES string of the molecule is CC(C)NCc1ccccc1COCc1ccccc1. The topological polar surface area (TPSA) is 21.3 Å². The molecule has 2 aromatic rings. The summed E-state index contributed by atoms with van der Waals surface area (Å²) in [5.74, 6) is 0. The van der Waals surface area contributed by atoms with E-state index in [2.05, 4.69) is 55.6 Å². The van der Waals surface area contributed by atoms with Gasteiger partial charge in [-0.15, -0.1) is 0 Å². The Bertz CT molecular complexity index is 508. The Balaban J connectivity index is 1.89. The summed E-state index contributed by atoms with van der Waals surface area (Å²) < 4.78 is 5.83. The Morgan fingerprint density at radius 3 is 2.20 bits per heavy atom. The summed E-state index contributed by atoms with van der Waals surface area (Å²) in [4.78, 5) is 0. The van der Waals surface area contributed by atoms with E-state index < -0.39 is 0 Å². The molecule has 0 aliphatic rings. The molecule has 106 valence electrons. The minimum Gasteiger partial charge on any atom is -0.372 e. The molecule has 0 atom stereocenters. The van der Waals surface area contributed by atoms with Crippen LogP contribution in [0.4, 0.5) is 0 Å². The van der Waals surface area contributed by atoms with Crippen LogP contribution < -0.4 is 5.32 Å². The lowest BCUT2D eigenvalue weighted by Crippen LogP contribution is -2.22. The molecule has 1 N–H and O–H groups in total. The summed E-state index contributed by atoms with van der Waals surface area (Å²) in [5.41, 5.74) is 3.79. The van der Waals surface area contributed by atoms with Crippen molar-refractivity contribution >= 4 is 0 Å². The normalized spacial score (nSPS) is 10.9. The molecule has 2 rings (SSSR count). The second-order valence-electron chi connectivity index (χ2n) is 5.28. The van der Waals surface area contributed by atoms with Crippen molar-refractivity contribution in [1.29, 1.82) is 0 Å². The second-order valence-corrected chi connectivity index (χ2v) is 5.28. The Morgan fingerprint density at radius 1 is 0.850 bits per heavy atom. The predicted molar refractivity (Wildman–Crippen MR) is 83.4 cm³/mol. The van der Waals surface area contributed by atoms with Crippen LogP contribution >= 0.6 is 0 Å². The maximum Gasteiger partial charge on any atom is 0.0724 e. The van der Waals surface area contributed by atoms with Crippen LogP contribution in [0.3, 0.4) is 0 Å². The van der Waals surface area contributed by atoms with Crippen LogP contribution in [0.15, 0.2) is 54.6 Å². The third-order valence-electron chi connectivity index (χ3n) is 3.19. The molecule has 20 heavy (non-hydrogen) atoms. The van der Waals surface area contributed by atoms with Gasteiger partial charge in [0.25, 0.3) is 0 Å². The zero-order valence-corrected chi connectivity index (χ0v) is 12.3. The van der Waals surface area contributed by atoms with E-state index in [0.717, 1.165) is 6.54 Å². The Labute approximate surface area is 121 Å². The zero-order chi connectivity index (χ0) is 14.2. The van der Waals surface area contributed by atoms with Crippen molar-refractivity contribution in [2.75, 3.05) is 0 Å². The van der Waals surface area contributed by atoms with Gasteiger partial charge in [0.2, 0.25) is 0 Å². The summed E-state index contributed by atoms with van der Waals surface area (Å²) >= 11 is 0. The first-order chi connectivity index (χ1) is 9.75. The minimum atomic E-state index is 0.494. The molecule has 2 nitrogen and oxygen atoms in total. The molecule has 0 saturated carbocycles. The van der Waals surface area contributed by atoms with E-state index in [0.29, 0.717) is 19.3 Å². The third kappa shape index (κ3) is 4.80. The molecule has 0 heterocycles. The van der Waals surface area contributed by atoms with Crippen molar-refractivity contribution in [3.05, 3.63) is 71.3 Å². The lowest BCUT2D eigenvalue weighted by atomic mass is 10.1. The fourth-order valence-electron chi connectivity index (χ4n) is 2.04. The molecule has 0 saturated heterocycles. The van der Waals surface area contributed by atoms with Gasteiger partial charge >= 0.3 is 0 Å². The highest BCUT2D eigenvalue weighted by molar-refractivity contribution is 5.26. The van der Waals surface area contributed by atoms with E-state index in [9.17, 15) is 0 Å². The van der Waals surface area contributed by atoms with Crippen molar-refractivity contribution in [3.8, 4) is 0 Å². The summed E-state index contributed by atoms with van der Waals surface area (Å²) in [6.07, 6.45) is 0. The summed E-state index contributed by atoms with van der Waals surface area (Å²) in [5, 5.41) is 3.45. The van der Waals surface area contributed by atoms with E-state index in [-0.39, 0.29) is 0 Å². The molecule has 0 unspecified atom stereocenters. The standard InChI is InChI=1S/C18H23NO/c1-15(2)19-12-17-10-6-7-11-18(17)14-20-13-16-8-4-3-5-9-16/h3-11,15,19H,12-14H2,1-2H3. The number of hydrogen-bond donors (Lipinski definition) is 1. The molecular formula is C18H23NO. The Morgan fingerprint density at radius 2 is 1.50 bits per heavy atom. The molecule has 0 bridgehead atoms. The van der Waals surface area contributed by atoms with Gasteiger partial charge in [-0.2, -0.15) is 0 Å². The van der Waals surface area contributed by atoms with Crippen LogP contribution in [-0.4, -0.2) is 6.04 Å². The highest BCUT2D eigenvalue weighted by atomic mass is 16.5. The van der Waals surface area contributed by atoms with E-state index in [1.54, 1.807) is 0 Å². The summed E-state index contributed by atoms with van der Waals surface area (Å²) in [6, 6.07) is 19.2. The first-order valence-corrected chi connectivity index (χ1v) is 7.17. The van der Waals surface area contributed by atoms with Gasteiger partial charge < -0.3 is 10.1 Å². The average Bonchev–Trinajstić information content (AvgIpc) is 2.47. The highest BCUT2D eigenvalue weighted by Gasteiger charge is 2.03. The first-order valence-electron chi connectivity index (χ1n) is 7.17. The van der Waals surface area contributed by atoms with Crippen LogP contribution in [0, 0.1) is 0 Å². The molecule has 2 aromatic carbocycles. The van der Waals surface area contributed by atoms with Crippen LogP contribution in [0.25, 0.3) is 0 Å². The van der Waals surface area contributed by atoms with Crippen molar-refractivity contribution in [2.45, 2.75) is 39.6 Å². The number of rotatable bonds is 7. The average molecular weight is 269 g/mol.